The Morgan fingerprint density at radius 2 is 1.69 bits per heavy atom. The summed E-state index contributed by atoms with van der Waals surface area (Å²) in [7, 11) is 1.46. The van der Waals surface area contributed by atoms with Crippen LogP contribution < -0.4 is 19.5 Å². The molecule has 0 aliphatic heterocycles. The zero-order valence-corrected chi connectivity index (χ0v) is 25.3. The molecule has 1 amide bonds. The van der Waals surface area contributed by atoms with Gasteiger partial charge in [0.15, 0.2) is 11.5 Å². The first-order valence-corrected chi connectivity index (χ1v) is 14.0. The molecule has 11 heteroatoms. The smallest absolute Gasteiger partial charge is 0.269 e. The van der Waals surface area contributed by atoms with Crippen LogP contribution in [-0.4, -0.2) is 17.9 Å². The monoisotopic (exact) mass is 691 g/mol. The molecular weight excluding hydrogens is 670 g/mol. The summed E-state index contributed by atoms with van der Waals surface area (Å²) in [4.78, 5) is 23.4. The number of nitro groups is 1. The molecule has 4 rings (SSSR count). The number of nitrogens with one attached hydrogen (secondary N) is 1. The zero-order chi connectivity index (χ0) is 30.1. The van der Waals surface area contributed by atoms with Crippen molar-refractivity contribution in [2.45, 2.75) is 13.2 Å². The van der Waals surface area contributed by atoms with E-state index in [1.54, 1.807) is 48.5 Å². The van der Waals surface area contributed by atoms with E-state index in [0.717, 1.165) is 10.0 Å². The van der Waals surface area contributed by atoms with Crippen molar-refractivity contribution in [3.05, 3.63) is 126 Å². The van der Waals surface area contributed by atoms with Crippen LogP contribution in [0.5, 0.6) is 17.2 Å². The lowest BCUT2D eigenvalue weighted by Gasteiger charge is -2.14. The van der Waals surface area contributed by atoms with Crippen LogP contribution >= 0.6 is 31.9 Å². The number of methoxy groups -OCH3 is 1. The number of rotatable bonds is 11. The van der Waals surface area contributed by atoms with Crippen molar-refractivity contribution in [3.63, 3.8) is 0 Å². The Labute approximate surface area is 258 Å². The Morgan fingerprint density at radius 3 is 2.36 bits per heavy atom. The number of nitriles is 1. The number of ether oxygens (including phenoxy) is 3. The fourth-order valence-electron chi connectivity index (χ4n) is 3.77. The Bertz CT molecular complexity index is 1670. The summed E-state index contributed by atoms with van der Waals surface area (Å²) in [6.45, 7) is 0.462. The van der Waals surface area contributed by atoms with Crippen LogP contribution in [0.2, 0.25) is 0 Å². The van der Waals surface area contributed by atoms with Gasteiger partial charge >= 0.3 is 0 Å². The lowest BCUT2D eigenvalue weighted by molar-refractivity contribution is -0.384. The molecule has 0 spiro atoms. The third kappa shape index (κ3) is 8.19. The second-order valence-electron chi connectivity index (χ2n) is 8.81. The van der Waals surface area contributed by atoms with Gasteiger partial charge < -0.3 is 19.5 Å². The second kappa shape index (κ2) is 14.3. The Morgan fingerprint density at radius 1 is 0.976 bits per heavy atom. The van der Waals surface area contributed by atoms with Gasteiger partial charge in [-0.05, 0) is 87.2 Å². The molecule has 1 N–H and O–H groups in total. The summed E-state index contributed by atoms with van der Waals surface area (Å²) in [6, 6.07) is 26.0. The van der Waals surface area contributed by atoms with Crippen LogP contribution in [0.15, 0.2) is 99.4 Å². The molecule has 0 heterocycles. The van der Waals surface area contributed by atoms with Gasteiger partial charge in [0.2, 0.25) is 0 Å². The van der Waals surface area contributed by atoms with Crippen LogP contribution in [0.3, 0.4) is 0 Å². The quantitative estimate of drug-likeness (QED) is 0.0735. The number of amides is 1. The SMILES string of the molecule is COc1cc(/C=C(\C#N)C(=O)Nc2ccc(OCc3ccc(Br)cc3)cc2)cc(Br)c1OCc1cccc([N+](=O)[O-])c1. The van der Waals surface area contributed by atoms with Gasteiger partial charge in [0, 0.05) is 22.3 Å². The number of halogens is 2. The predicted molar refractivity (Wildman–Crippen MR) is 165 cm³/mol. The number of carbonyl (C=O) groups is 1. The fourth-order valence-corrected chi connectivity index (χ4v) is 4.61. The highest BCUT2D eigenvalue weighted by molar-refractivity contribution is 9.10. The van der Waals surface area contributed by atoms with E-state index >= 15 is 0 Å². The van der Waals surface area contributed by atoms with E-state index in [4.69, 9.17) is 14.2 Å². The third-order valence-electron chi connectivity index (χ3n) is 5.86. The van der Waals surface area contributed by atoms with Crippen molar-refractivity contribution in [1.82, 2.24) is 0 Å². The minimum Gasteiger partial charge on any atom is -0.493 e. The largest absolute Gasteiger partial charge is 0.493 e. The van der Waals surface area contributed by atoms with Crippen molar-refractivity contribution in [2.75, 3.05) is 12.4 Å². The molecule has 0 saturated heterocycles. The van der Waals surface area contributed by atoms with Gasteiger partial charge in [-0.2, -0.15) is 5.26 Å². The van der Waals surface area contributed by atoms with Crippen molar-refractivity contribution in [2.24, 2.45) is 0 Å². The maximum atomic E-state index is 12.9. The van der Waals surface area contributed by atoms with Crippen LogP contribution in [-0.2, 0) is 18.0 Å². The normalized spacial score (nSPS) is 10.9. The van der Waals surface area contributed by atoms with E-state index in [1.165, 1.54) is 25.3 Å². The Balaban J connectivity index is 1.42. The average molecular weight is 693 g/mol. The van der Waals surface area contributed by atoms with E-state index in [0.29, 0.717) is 45.1 Å². The van der Waals surface area contributed by atoms with Crippen LogP contribution in [0, 0.1) is 21.4 Å². The molecule has 0 aromatic heterocycles. The maximum absolute atomic E-state index is 12.9. The lowest BCUT2D eigenvalue weighted by Crippen LogP contribution is -2.13. The van der Waals surface area contributed by atoms with E-state index in [-0.39, 0.29) is 17.9 Å². The van der Waals surface area contributed by atoms with Gasteiger partial charge in [0.1, 0.15) is 30.6 Å². The molecule has 0 bridgehead atoms. The Hall–Kier alpha value is -4.66. The molecule has 0 saturated carbocycles. The molecule has 0 atom stereocenters. The lowest BCUT2D eigenvalue weighted by atomic mass is 10.1. The first-order valence-electron chi connectivity index (χ1n) is 12.4. The van der Waals surface area contributed by atoms with Crippen molar-refractivity contribution >= 4 is 55.2 Å². The van der Waals surface area contributed by atoms with Gasteiger partial charge in [-0.3, -0.25) is 14.9 Å². The number of carbonyl (C=O) groups excluding carboxylic acids is 1. The van der Waals surface area contributed by atoms with Gasteiger partial charge in [-0.1, -0.05) is 40.2 Å². The minimum atomic E-state index is -0.581. The third-order valence-corrected chi connectivity index (χ3v) is 6.98. The number of anilines is 1. The highest BCUT2D eigenvalue weighted by Gasteiger charge is 2.15. The molecule has 0 unspecified atom stereocenters. The standard InChI is InChI=1S/C31H23Br2N3O6/c1-40-29-16-22(15-28(33)30(29)42-19-21-3-2-4-26(14-21)36(38)39)13-23(17-34)31(37)35-25-9-11-27(12-10-25)41-18-20-5-7-24(32)8-6-20/h2-16H,18-19H2,1H3,(H,35,37)/b23-13+. The number of nitrogens with zero attached hydrogens (tertiary/aromatic N) is 2. The minimum absolute atomic E-state index is 0.0362. The van der Waals surface area contributed by atoms with Gasteiger partial charge in [0.25, 0.3) is 11.6 Å². The molecule has 9 nitrogen and oxygen atoms in total. The molecule has 4 aromatic rings. The number of nitro benzene ring substituents is 1. The molecule has 0 fully saturated rings. The maximum Gasteiger partial charge on any atom is 0.269 e. The summed E-state index contributed by atoms with van der Waals surface area (Å²) in [5, 5.41) is 23.4. The Kier molecular flexibility index (Phi) is 10.3. The van der Waals surface area contributed by atoms with E-state index in [9.17, 15) is 20.2 Å². The van der Waals surface area contributed by atoms with E-state index in [1.807, 2.05) is 30.3 Å². The van der Waals surface area contributed by atoms with Crippen LogP contribution in [0.4, 0.5) is 11.4 Å². The van der Waals surface area contributed by atoms with Crippen LogP contribution in [0.1, 0.15) is 16.7 Å². The highest BCUT2D eigenvalue weighted by Crippen LogP contribution is 2.38. The van der Waals surface area contributed by atoms with Gasteiger partial charge in [0.05, 0.1) is 16.5 Å². The molecule has 212 valence electrons. The van der Waals surface area contributed by atoms with Gasteiger partial charge in [-0.15, -0.1) is 0 Å². The fraction of sp³-hybridized carbons (Fsp3) is 0.0968. The summed E-state index contributed by atoms with van der Waals surface area (Å²) in [5.41, 5.74) is 2.49. The predicted octanol–water partition coefficient (Wildman–Crippen LogP) is 7.83. The first-order chi connectivity index (χ1) is 20.2. The van der Waals surface area contributed by atoms with E-state index in [2.05, 4.69) is 37.2 Å². The molecule has 0 aliphatic rings. The number of non-ortho nitro benzene ring substituents is 1. The number of hydrogen-bond acceptors (Lipinski definition) is 7. The molecule has 4 aromatic carbocycles. The molecule has 0 radical (unpaired) electrons. The molecule has 42 heavy (non-hydrogen) atoms. The summed E-state index contributed by atoms with van der Waals surface area (Å²) < 4.78 is 18.6. The number of benzene rings is 4. The van der Waals surface area contributed by atoms with Crippen molar-refractivity contribution < 1.29 is 23.9 Å². The summed E-state index contributed by atoms with van der Waals surface area (Å²) in [5.74, 6) is 0.767. The topological polar surface area (TPSA) is 124 Å². The van der Waals surface area contributed by atoms with E-state index < -0.39 is 10.8 Å². The molecular formula is C31H23Br2N3O6. The summed E-state index contributed by atoms with van der Waals surface area (Å²) in [6.07, 6.45) is 1.43. The first kappa shape index (κ1) is 30.3. The zero-order valence-electron chi connectivity index (χ0n) is 22.2. The second-order valence-corrected chi connectivity index (χ2v) is 10.6. The van der Waals surface area contributed by atoms with Gasteiger partial charge in [-0.25, -0.2) is 0 Å². The summed E-state index contributed by atoms with van der Waals surface area (Å²) >= 11 is 6.86. The number of hydrogen-bond donors (Lipinski definition) is 1. The average Bonchev–Trinajstić information content (AvgIpc) is 2.99. The van der Waals surface area contributed by atoms with Crippen molar-refractivity contribution in [3.8, 4) is 23.3 Å². The van der Waals surface area contributed by atoms with Crippen LogP contribution in [0.25, 0.3) is 6.08 Å². The molecule has 0 aliphatic carbocycles. The highest BCUT2D eigenvalue weighted by atomic mass is 79.9. The van der Waals surface area contributed by atoms with Crippen molar-refractivity contribution in [1.29, 1.82) is 5.26 Å².